The van der Waals surface area contributed by atoms with Crippen molar-refractivity contribution in [3.05, 3.63) is 71.8 Å². The molecule has 0 saturated heterocycles. The number of benzene rings is 3. The summed E-state index contributed by atoms with van der Waals surface area (Å²) in [5.74, 6) is 2.47. The molecule has 164 valence electrons. The van der Waals surface area contributed by atoms with Crippen molar-refractivity contribution >= 4 is 17.3 Å². The van der Waals surface area contributed by atoms with E-state index in [1.54, 1.807) is 12.0 Å². The molecule has 1 unspecified atom stereocenters. The van der Waals surface area contributed by atoms with Gasteiger partial charge in [0.2, 0.25) is 0 Å². The Morgan fingerprint density at radius 2 is 1.81 bits per heavy atom. The van der Waals surface area contributed by atoms with Gasteiger partial charge in [-0.05, 0) is 48.9 Å². The second-order valence-corrected chi connectivity index (χ2v) is 7.44. The number of amides is 1. The number of carbonyl (C=O) groups is 1. The van der Waals surface area contributed by atoms with Crippen LogP contribution < -0.4 is 29.2 Å². The molecule has 1 amide bonds. The molecule has 2 aliphatic rings. The summed E-state index contributed by atoms with van der Waals surface area (Å²) in [5, 5.41) is 3.52. The molecule has 0 spiro atoms. The number of ether oxygens (including phenoxy) is 4. The third kappa shape index (κ3) is 3.45. The van der Waals surface area contributed by atoms with E-state index in [4.69, 9.17) is 18.9 Å². The lowest BCUT2D eigenvalue weighted by atomic mass is 10.0. The van der Waals surface area contributed by atoms with E-state index in [2.05, 4.69) is 5.32 Å². The van der Waals surface area contributed by atoms with Crippen LogP contribution in [0, 0.1) is 0 Å². The Balaban J connectivity index is 1.62. The third-order valence-corrected chi connectivity index (χ3v) is 5.53. The number of rotatable bonds is 5. The fourth-order valence-corrected chi connectivity index (χ4v) is 4.07. The van der Waals surface area contributed by atoms with Crippen LogP contribution in [0.25, 0.3) is 0 Å². The molecule has 5 rings (SSSR count). The molecular weight excluding hydrogens is 408 g/mol. The second kappa shape index (κ2) is 8.34. The topological polar surface area (TPSA) is 69.3 Å². The molecule has 2 aliphatic heterocycles. The summed E-state index contributed by atoms with van der Waals surface area (Å²) in [6.07, 6.45) is -0.454. The lowest BCUT2D eigenvalue weighted by Crippen LogP contribution is -2.43. The first-order valence-corrected chi connectivity index (χ1v) is 10.6. The largest absolute Gasteiger partial charge is 0.493 e. The Morgan fingerprint density at radius 1 is 1.00 bits per heavy atom. The maximum atomic E-state index is 13.7. The lowest BCUT2D eigenvalue weighted by molar-refractivity contribution is 0.0974. The van der Waals surface area contributed by atoms with Crippen molar-refractivity contribution in [1.82, 2.24) is 0 Å². The van der Waals surface area contributed by atoms with Crippen LogP contribution >= 0.6 is 0 Å². The van der Waals surface area contributed by atoms with E-state index in [1.165, 1.54) is 0 Å². The van der Waals surface area contributed by atoms with E-state index in [9.17, 15) is 4.79 Å². The van der Waals surface area contributed by atoms with Crippen LogP contribution in [0.3, 0.4) is 0 Å². The number of anilines is 2. The van der Waals surface area contributed by atoms with Crippen molar-refractivity contribution in [2.45, 2.75) is 13.1 Å². The van der Waals surface area contributed by atoms with E-state index >= 15 is 0 Å². The average molecular weight is 432 g/mol. The van der Waals surface area contributed by atoms with E-state index in [1.807, 2.05) is 67.6 Å². The van der Waals surface area contributed by atoms with Crippen molar-refractivity contribution < 1.29 is 23.7 Å². The van der Waals surface area contributed by atoms with Crippen molar-refractivity contribution in [2.24, 2.45) is 0 Å². The van der Waals surface area contributed by atoms with Crippen LogP contribution in [0.1, 0.15) is 29.0 Å². The zero-order valence-electron chi connectivity index (χ0n) is 18.0. The van der Waals surface area contributed by atoms with Gasteiger partial charge in [0.25, 0.3) is 5.91 Å². The predicted molar refractivity (Wildman–Crippen MR) is 121 cm³/mol. The Bertz CT molecular complexity index is 1160. The van der Waals surface area contributed by atoms with Gasteiger partial charge in [-0.3, -0.25) is 9.69 Å². The molecule has 3 aromatic rings. The molecule has 0 bridgehead atoms. The van der Waals surface area contributed by atoms with E-state index < -0.39 is 6.17 Å². The van der Waals surface area contributed by atoms with Gasteiger partial charge < -0.3 is 24.3 Å². The number of carbonyl (C=O) groups excluding carboxylic acids is 1. The normalized spacial score (nSPS) is 16.8. The number of hydrogen-bond donors (Lipinski definition) is 1. The highest BCUT2D eigenvalue weighted by atomic mass is 16.6. The predicted octanol–water partition coefficient (Wildman–Crippen LogP) is 4.64. The first-order valence-electron chi connectivity index (χ1n) is 10.6. The molecule has 32 heavy (non-hydrogen) atoms. The van der Waals surface area contributed by atoms with Crippen molar-refractivity contribution in [1.29, 1.82) is 0 Å². The summed E-state index contributed by atoms with van der Waals surface area (Å²) < 4.78 is 22.6. The van der Waals surface area contributed by atoms with E-state index in [0.29, 0.717) is 54.1 Å². The van der Waals surface area contributed by atoms with Crippen LogP contribution in [0.15, 0.2) is 60.7 Å². The number of nitrogens with zero attached hydrogens (tertiary/aromatic N) is 1. The fourth-order valence-electron chi connectivity index (χ4n) is 4.07. The maximum Gasteiger partial charge on any atom is 0.262 e. The Labute approximate surface area is 186 Å². The van der Waals surface area contributed by atoms with Crippen molar-refractivity contribution in [3.63, 3.8) is 0 Å². The van der Waals surface area contributed by atoms with Crippen molar-refractivity contribution in [3.8, 4) is 23.0 Å². The number of para-hydroxylation sites is 1. The van der Waals surface area contributed by atoms with E-state index in [0.717, 1.165) is 11.3 Å². The highest BCUT2D eigenvalue weighted by Crippen LogP contribution is 2.42. The highest BCUT2D eigenvalue weighted by Gasteiger charge is 2.35. The van der Waals surface area contributed by atoms with Crippen LogP contribution in [0.5, 0.6) is 23.0 Å². The van der Waals surface area contributed by atoms with Crippen LogP contribution in [-0.2, 0) is 0 Å². The summed E-state index contributed by atoms with van der Waals surface area (Å²) in [4.78, 5) is 15.4. The maximum absolute atomic E-state index is 13.7. The molecule has 0 saturated carbocycles. The fraction of sp³-hybridized carbons (Fsp3) is 0.240. The number of hydrogen-bond acceptors (Lipinski definition) is 6. The molecule has 1 N–H and O–H groups in total. The second-order valence-electron chi connectivity index (χ2n) is 7.44. The summed E-state index contributed by atoms with van der Waals surface area (Å²) in [6.45, 7) is 3.42. The Kier molecular flexibility index (Phi) is 5.23. The monoisotopic (exact) mass is 432 g/mol. The molecule has 3 aromatic carbocycles. The third-order valence-electron chi connectivity index (χ3n) is 5.53. The minimum atomic E-state index is -0.454. The quantitative estimate of drug-likeness (QED) is 0.634. The first kappa shape index (κ1) is 20.1. The average Bonchev–Trinajstić information content (AvgIpc) is 2.84. The van der Waals surface area contributed by atoms with Gasteiger partial charge in [0, 0.05) is 11.8 Å². The van der Waals surface area contributed by atoms with Gasteiger partial charge in [0.05, 0.1) is 25.0 Å². The zero-order valence-corrected chi connectivity index (χ0v) is 18.0. The molecule has 1 atom stereocenters. The minimum absolute atomic E-state index is 0.102. The first-order chi connectivity index (χ1) is 15.7. The SMILES string of the molecule is CCOc1cc(C2Nc3ccccc3C(=O)N2c2ccc3c(c2)OCCO3)ccc1OC. The zero-order chi connectivity index (χ0) is 22.1. The molecule has 7 nitrogen and oxygen atoms in total. The smallest absolute Gasteiger partial charge is 0.262 e. The van der Waals surface area contributed by atoms with Gasteiger partial charge in [-0.15, -0.1) is 0 Å². The molecule has 0 aromatic heterocycles. The molecule has 0 fully saturated rings. The summed E-state index contributed by atoms with van der Waals surface area (Å²) in [5.41, 5.74) is 2.97. The summed E-state index contributed by atoms with van der Waals surface area (Å²) in [6, 6.07) is 18.8. The van der Waals surface area contributed by atoms with Gasteiger partial charge in [0.1, 0.15) is 19.4 Å². The summed E-state index contributed by atoms with van der Waals surface area (Å²) in [7, 11) is 1.61. The van der Waals surface area contributed by atoms with Crippen LogP contribution in [0.2, 0.25) is 0 Å². The number of nitrogens with one attached hydrogen (secondary N) is 1. The van der Waals surface area contributed by atoms with Crippen LogP contribution in [-0.4, -0.2) is 32.8 Å². The molecular formula is C25H24N2O5. The molecule has 0 aliphatic carbocycles. The van der Waals surface area contributed by atoms with Gasteiger partial charge >= 0.3 is 0 Å². The number of fused-ring (bicyclic) bond motifs is 2. The van der Waals surface area contributed by atoms with Crippen molar-refractivity contribution in [2.75, 3.05) is 37.1 Å². The van der Waals surface area contributed by atoms with Gasteiger partial charge in [-0.1, -0.05) is 18.2 Å². The Morgan fingerprint density at radius 3 is 2.62 bits per heavy atom. The van der Waals surface area contributed by atoms with Gasteiger partial charge in [-0.2, -0.15) is 0 Å². The van der Waals surface area contributed by atoms with Crippen LogP contribution in [0.4, 0.5) is 11.4 Å². The van der Waals surface area contributed by atoms with Gasteiger partial charge in [0.15, 0.2) is 23.0 Å². The summed E-state index contributed by atoms with van der Waals surface area (Å²) >= 11 is 0. The van der Waals surface area contributed by atoms with Gasteiger partial charge in [-0.25, -0.2) is 0 Å². The Hall–Kier alpha value is -3.87. The highest BCUT2D eigenvalue weighted by molar-refractivity contribution is 6.12. The molecule has 0 radical (unpaired) electrons. The molecule has 2 heterocycles. The minimum Gasteiger partial charge on any atom is -0.493 e. The van der Waals surface area contributed by atoms with E-state index in [-0.39, 0.29) is 5.91 Å². The molecule has 7 heteroatoms. The lowest BCUT2D eigenvalue weighted by Gasteiger charge is -2.38. The number of methoxy groups -OCH3 is 1. The standard InChI is InChI=1S/C25H24N2O5/c1-3-30-22-14-16(8-10-20(22)29-2)24-26-19-7-5-4-6-18(19)25(28)27(24)17-9-11-21-23(15-17)32-13-12-31-21/h4-11,14-15,24,26H,3,12-13H2,1-2H3.